The maximum atomic E-state index is 5.71. The molecule has 0 aliphatic rings. The van der Waals surface area contributed by atoms with Crippen LogP contribution in [0.25, 0.3) is 0 Å². The molecule has 1 aromatic rings. The molecule has 3 heteroatoms. The van der Waals surface area contributed by atoms with Gasteiger partial charge >= 0.3 is 0 Å². The summed E-state index contributed by atoms with van der Waals surface area (Å²) < 4.78 is 1.04. The Balaban J connectivity index is 2.86. The van der Waals surface area contributed by atoms with Crippen molar-refractivity contribution in [3.8, 4) is 0 Å². The maximum absolute atomic E-state index is 5.71. The second-order valence-corrected chi connectivity index (χ2v) is 3.54. The summed E-state index contributed by atoms with van der Waals surface area (Å²) in [5.74, 6) is 0.455. The highest BCUT2D eigenvalue weighted by molar-refractivity contribution is 9.10. The monoisotopic (exact) mass is 233 g/mol. The van der Waals surface area contributed by atoms with Gasteiger partial charge in [0.1, 0.15) is 0 Å². The topological polar surface area (TPSA) is 26.0 Å². The van der Waals surface area contributed by atoms with E-state index in [0.717, 1.165) is 10.0 Å². The minimum atomic E-state index is -0.0610. The lowest BCUT2D eigenvalue weighted by atomic mass is 10.1. The minimum absolute atomic E-state index is 0.0610. The zero-order valence-electron chi connectivity index (χ0n) is 5.93. The zero-order valence-corrected chi connectivity index (χ0v) is 8.27. The van der Waals surface area contributed by atoms with Crippen LogP contribution in [0.1, 0.15) is 11.6 Å². The van der Waals surface area contributed by atoms with Crippen LogP contribution < -0.4 is 5.73 Å². The smallest absolute Gasteiger partial charge is 0.0432 e. The van der Waals surface area contributed by atoms with Gasteiger partial charge in [0, 0.05) is 16.4 Å². The average Bonchev–Trinajstić information content (AvgIpc) is 2.03. The van der Waals surface area contributed by atoms with E-state index in [1.54, 1.807) is 0 Å². The van der Waals surface area contributed by atoms with Crippen LogP contribution in [0.2, 0.25) is 0 Å². The largest absolute Gasteiger partial charge is 0.323 e. The van der Waals surface area contributed by atoms with E-state index in [2.05, 4.69) is 15.9 Å². The second-order valence-electron chi connectivity index (χ2n) is 2.32. The molecule has 1 rings (SSSR count). The van der Waals surface area contributed by atoms with Crippen LogP contribution >= 0.6 is 27.5 Å². The fraction of sp³-hybridized carbons (Fsp3) is 0.250. The first-order valence-corrected chi connectivity index (χ1v) is 4.64. The molecule has 1 unspecified atom stereocenters. The predicted molar refractivity (Wildman–Crippen MR) is 51.8 cm³/mol. The molecule has 0 radical (unpaired) electrons. The summed E-state index contributed by atoms with van der Waals surface area (Å²) in [6, 6.07) is 7.80. The van der Waals surface area contributed by atoms with E-state index in [-0.39, 0.29) is 6.04 Å². The first kappa shape index (κ1) is 9.04. The molecule has 0 aromatic heterocycles. The van der Waals surface area contributed by atoms with E-state index in [1.165, 1.54) is 0 Å². The van der Waals surface area contributed by atoms with E-state index in [0.29, 0.717) is 5.88 Å². The summed E-state index contributed by atoms with van der Waals surface area (Å²) in [7, 11) is 0. The Labute approximate surface area is 79.7 Å². The second kappa shape index (κ2) is 4.10. The van der Waals surface area contributed by atoms with E-state index in [4.69, 9.17) is 17.3 Å². The molecule has 0 spiro atoms. The van der Waals surface area contributed by atoms with Gasteiger partial charge in [-0.15, -0.1) is 11.6 Å². The molecular formula is C8H9BrClN. The molecule has 2 N–H and O–H groups in total. The van der Waals surface area contributed by atoms with Crippen LogP contribution in [0, 0.1) is 0 Å². The third-order valence-corrected chi connectivity index (χ3v) is 2.27. The van der Waals surface area contributed by atoms with Gasteiger partial charge in [0.25, 0.3) is 0 Å². The van der Waals surface area contributed by atoms with Crippen molar-refractivity contribution in [2.24, 2.45) is 5.73 Å². The molecule has 60 valence electrons. The van der Waals surface area contributed by atoms with E-state index in [1.807, 2.05) is 24.3 Å². The lowest BCUT2D eigenvalue weighted by molar-refractivity contribution is 0.826. The highest BCUT2D eigenvalue weighted by atomic mass is 79.9. The Bertz CT molecular complexity index is 239. The van der Waals surface area contributed by atoms with E-state index < -0.39 is 0 Å². The lowest BCUT2D eigenvalue weighted by Crippen LogP contribution is -2.11. The number of rotatable bonds is 2. The van der Waals surface area contributed by atoms with Crippen LogP contribution in [0.3, 0.4) is 0 Å². The zero-order chi connectivity index (χ0) is 8.27. The Hall–Kier alpha value is -0.0500. The molecule has 0 aliphatic carbocycles. The Morgan fingerprint density at radius 2 is 2.27 bits per heavy atom. The number of hydrogen-bond acceptors (Lipinski definition) is 1. The van der Waals surface area contributed by atoms with Gasteiger partial charge in [0.2, 0.25) is 0 Å². The van der Waals surface area contributed by atoms with Crippen molar-refractivity contribution < 1.29 is 0 Å². The van der Waals surface area contributed by atoms with Crippen molar-refractivity contribution in [3.63, 3.8) is 0 Å². The van der Waals surface area contributed by atoms with Crippen molar-refractivity contribution in [2.75, 3.05) is 5.88 Å². The molecule has 0 amide bonds. The van der Waals surface area contributed by atoms with Gasteiger partial charge in [0.05, 0.1) is 0 Å². The van der Waals surface area contributed by atoms with Gasteiger partial charge in [-0.1, -0.05) is 28.1 Å². The quantitative estimate of drug-likeness (QED) is 0.783. The third-order valence-electron chi connectivity index (χ3n) is 1.44. The van der Waals surface area contributed by atoms with Crippen LogP contribution in [0.4, 0.5) is 0 Å². The molecule has 0 bridgehead atoms. The maximum Gasteiger partial charge on any atom is 0.0432 e. The van der Waals surface area contributed by atoms with Crippen molar-refractivity contribution in [1.82, 2.24) is 0 Å². The summed E-state index contributed by atoms with van der Waals surface area (Å²) in [6.45, 7) is 0. The van der Waals surface area contributed by atoms with Gasteiger partial charge in [0.15, 0.2) is 0 Å². The molecule has 0 fully saturated rings. The van der Waals surface area contributed by atoms with Gasteiger partial charge in [-0.05, 0) is 17.7 Å². The molecule has 0 saturated heterocycles. The molecular weight excluding hydrogens is 225 g/mol. The summed E-state index contributed by atoms with van der Waals surface area (Å²) >= 11 is 8.96. The summed E-state index contributed by atoms with van der Waals surface area (Å²) in [5.41, 5.74) is 6.77. The Morgan fingerprint density at radius 3 is 2.82 bits per heavy atom. The molecule has 1 nitrogen and oxygen atoms in total. The van der Waals surface area contributed by atoms with Crippen molar-refractivity contribution in [1.29, 1.82) is 0 Å². The highest BCUT2D eigenvalue weighted by Gasteiger charge is 2.02. The van der Waals surface area contributed by atoms with Crippen molar-refractivity contribution >= 4 is 27.5 Å². The number of alkyl halides is 1. The Kier molecular flexibility index (Phi) is 3.37. The highest BCUT2D eigenvalue weighted by Crippen LogP contribution is 2.16. The minimum Gasteiger partial charge on any atom is -0.323 e. The Morgan fingerprint density at radius 1 is 1.55 bits per heavy atom. The standard InChI is InChI=1S/C8H9BrClN/c9-7-3-1-2-6(4-7)8(11)5-10/h1-4,8H,5,11H2. The predicted octanol–water partition coefficient (Wildman–Crippen LogP) is 2.69. The first-order valence-electron chi connectivity index (χ1n) is 3.31. The normalized spacial score (nSPS) is 13.0. The third kappa shape index (κ3) is 2.47. The molecule has 11 heavy (non-hydrogen) atoms. The van der Waals surface area contributed by atoms with Gasteiger partial charge in [-0.25, -0.2) is 0 Å². The van der Waals surface area contributed by atoms with Gasteiger partial charge in [-0.2, -0.15) is 0 Å². The van der Waals surface area contributed by atoms with Crippen LogP contribution in [0.5, 0.6) is 0 Å². The summed E-state index contributed by atoms with van der Waals surface area (Å²) in [4.78, 5) is 0. The fourth-order valence-electron chi connectivity index (χ4n) is 0.826. The number of hydrogen-bond donors (Lipinski definition) is 1. The van der Waals surface area contributed by atoms with Gasteiger partial charge in [-0.3, -0.25) is 0 Å². The molecule has 0 saturated carbocycles. The SMILES string of the molecule is NC(CCl)c1cccc(Br)c1. The molecule has 0 aliphatic heterocycles. The van der Waals surface area contributed by atoms with Crippen LogP contribution in [-0.4, -0.2) is 5.88 Å². The first-order chi connectivity index (χ1) is 5.24. The average molecular weight is 235 g/mol. The van der Waals surface area contributed by atoms with E-state index >= 15 is 0 Å². The molecule has 1 atom stereocenters. The van der Waals surface area contributed by atoms with E-state index in [9.17, 15) is 0 Å². The number of halogens is 2. The lowest BCUT2D eigenvalue weighted by Gasteiger charge is -2.07. The molecule has 1 aromatic carbocycles. The van der Waals surface area contributed by atoms with Crippen molar-refractivity contribution in [2.45, 2.75) is 6.04 Å². The number of benzene rings is 1. The summed E-state index contributed by atoms with van der Waals surface area (Å²) in [5, 5.41) is 0. The van der Waals surface area contributed by atoms with Gasteiger partial charge < -0.3 is 5.73 Å². The fourth-order valence-corrected chi connectivity index (χ4v) is 1.42. The molecule has 0 heterocycles. The summed E-state index contributed by atoms with van der Waals surface area (Å²) in [6.07, 6.45) is 0. The van der Waals surface area contributed by atoms with Crippen LogP contribution in [-0.2, 0) is 0 Å². The number of nitrogens with two attached hydrogens (primary N) is 1. The van der Waals surface area contributed by atoms with Crippen LogP contribution in [0.15, 0.2) is 28.7 Å². The van der Waals surface area contributed by atoms with Crippen molar-refractivity contribution in [3.05, 3.63) is 34.3 Å².